The number of nitrogens with one attached hydrogen (secondary N) is 1. The lowest BCUT2D eigenvalue weighted by molar-refractivity contribution is 0.0946. The molecule has 0 aromatic heterocycles. The summed E-state index contributed by atoms with van der Waals surface area (Å²) in [7, 11) is 0. The molecule has 4 nitrogen and oxygen atoms in total. The van der Waals surface area contributed by atoms with Crippen LogP contribution in [-0.4, -0.2) is 43.1 Å². The molecule has 2 heterocycles. The van der Waals surface area contributed by atoms with Crippen LogP contribution in [0.25, 0.3) is 0 Å². The number of amides is 1. The molecule has 1 aliphatic carbocycles. The van der Waals surface area contributed by atoms with Gasteiger partial charge in [-0.2, -0.15) is 0 Å². The van der Waals surface area contributed by atoms with Gasteiger partial charge in [0.1, 0.15) is 0 Å². The molecule has 1 saturated carbocycles. The molecule has 24 heavy (non-hydrogen) atoms. The summed E-state index contributed by atoms with van der Waals surface area (Å²) in [6.45, 7) is 3.60. The molecule has 2 aliphatic heterocycles. The van der Waals surface area contributed by atoms with Gasteiger partial charge in [-0.3, -0.25) is 9.69 Å². The van der Waals surface area contributed by atoms with Gasteiger partial charge in [-0.05, 0) is 55.0 Å². The number of nitrogens with zero attached hydrogens (tertiary/aromatic N) is 1. The Morgan fingerprint density at radius 1 is 1.21 bits per heavy atom. The topological polar surface area (TPSA) is 41.6 Å². The number of hydrogen-bond donors (Lipinski definition) is 1. The van der Waals surface area contributed by atoms with Gasteiger partial charge < -0.3 is 10.1 Å². The average Bonchev–Trinajstić information content (AvgIpc) is 2.99. The predicted octanol–water partition coefficient (Wildman–Crippen LogP) is 2.53. The SMILES string of the molecule is O=C(NCC1C=COC1)c1ccc2c(c1)CCN(C1CCC1)CC2. The van der Waals surface area contributed by atoms with Crippen LogP contribution in [0.15, 0.2) is 30.5 Å². The molecular formula is C20H26N2O2. The summed E-state index contributed by atoms with van der Waals surface area (Å²) in [4.78, 5) is 15.1. The molecule has 1 fully saturated rings. The monoisotopic (exact) mass is 326 g/mol. The van der Waals surface area contributed by atoms with E-state index in [-0.39, 0.29) is 5.91 Å². The van der Waals surface area contributed by atoms with Gasteiger partial charge in [0, 0.05) is 37.2 Å². The number of rotatable bonds is 4. The van der Waals surface area contributed by atoms with Crippen molar-refractivity contribution in [2.75, 3.05) is 26.2 Å². The molecule has 1 N–H and O–H groups in total. The fourth-order valence-corrected chi connectivity index (χ4v) is 3.85. The summed E-state index contributed by atoms with van der Waals surface area (Å²) in [6.07, 6.45) is 10.0. The number of hydrogen-bond acceptors (Lipinski definition) is 3. The highest BCUT2D eigenvalue weighted by atomic mass is 16.5. The minimum Gasteiger partial charge on any atom is -0.501 e. The average molecular weight is 326 g/mol. The van der Waals surface area contributed by atoms with Crippen molar-refractivity contribution < 1.29 is 9.53 Å². The van der Waals surface area contributed by atoms with Crippen molar-refractivity contribution in [1.82, 2.24) is 10.2 Å². The van der Waals surface area contributed by atoms with E-state index >= 15 is 0 Å². The van der Waals surface area contributed by atoms with Crippen molar-refractivity contribution in [2.45, 2.75) is 38.1 Å². The van der Waals surface area contributed by atoms with Crippen LogP contribution in [-0.2, 0) is 17.6 Å². The number of benzene rings is 1. The van der Waals surface area contributed by atoms with E-state index in [0.717, 1.165) is 37.5 Å². The predicted molar refractivity (Wildman–Crippen MR) is 94.0 cm³/mol. The van der Waals surface area contributed by atoms with Crippen molar-refractivity contribution in [1.29, 1.82) is 0 Å². The van der Waals surface area contributed by atoms with Gasteiger partial charge in [-0.1, -0.05) is 12.5 Å². The molecule has 1 amide bonds. The van der Waals surface area contributed by atoms with Crippen LogP contribution in [0.3, 0.4) is 0 Å². The number of carbonyl (C=O) groups is 1. The van der Waals surface area contributed by atoms with Gasteiger partial charge in [0.15, 0.2) is 0 Å². The van der Waals surface area contributed by atoms with E-state index in [1.54, 1.807) is 6.26 Å². The molecule has 0 radical (unpaired) electrons. The first-order valence-electron chi connectivity index (χ1n) is 9.22. The molecule has 0 spiro atoms. The number of fused-ring (bicyclic) bond motifs is 1. The summed E-state index contributed by atoms with van der Waals surface area (Å²) in [5.74, 6) is 0.323. The Hall–Kier alpha value is -1.81. The molecule has 4 rings (SSSR count). The third-order valence-electron chi connectivity index (χ3n) is 5.68. The van der Waals surface area contributed by atoms with Crippen molar-refractivity contribution in [3.05, 3.63) is 47.2 Å². The first-order valence-corrected chi connectivity index (χ1v) is 9.22. The van der Waals surface area contributed by atoms with E-state index in [1.807, 2.05) is 12.1 Å². The highest BCUT2D eigenvalue weighted by Crippen LogP contribution is 2.27. The fourth-order valence-electron chi connectivity index (χ4n) is 3.85. The highest BCUT2D eigenvalue weighted by Gasteiger charge is 2.26. The van der Waals surface area contributed by atoms with Crippen molar-refractivity contribution in [2.24, 2.45) is 5.92 Å². The number of carbonyl (C=O) groups excluding carboxylic acids is 1. The van der Waals surface area contributed by atoms with Crippen LogP contribution in [0.4, 0.5) is 0 Å². The minimum absolute atomic E-state index is 0.0261. The summed E-state index contributed by atoms with van der Waals surface area (Å²) in [6, 6.07) is 7.06. The van der Waals surface area contributed by atoms with Gasteiger partial charge in [0.05, 0.1) is 12.9 Å². The lowest BCUT2D eigenvalue weighted by atomic mass is 9.91. The van der Waals surface area contributed by atoms with Crippen molar-refractivity contribution >= 4 is 5.91 Å². The molecule has 0 saturated heterocycles. The third kappa shape index (κ3) is 3.34. The van der Waals surface area contributed by atoms with Gasteiger partial charge in [-0.25, -0.2) is 0 Å². The Bertz CT molecular complexity index is 637. The Kier molecular flexibility index (Phi) is 4.56. The van der Waals surface area contributed by atoms with E-state index in [1.165, 1.54) is 30.4 Å². The first kappa shape index (κ1) is 15.7. The highest BCUT2D eigenvalue weighted by molar-refractivity contribution is 5.94. The van der Waals surface area contributed by atoms with Crippen molar-refractivity contribution in [3.63, 3.8) is 0 Å². The second-order valence-corrected chi connectivity index (χ2v) is 7.24. The second kappa shape index (κ2) is 6.98. The van der Waals surface area contributed by atoms with Gasteiger partial charge in [0.2, 0.25) is 0 Å². The summed E-state index contributed by atoms with van der Waals surface area (Å²) in [5.41, 5.74) is 3.56. The molecule has 4 heteroatoms. The van der Waals surface area contributed by atoms with E-state index < -0.39 is 0 Å². The zero-order valence-electron chi connectivity index (χ0n) is 14.2. The summed E-state index contributed by atoms with van der Waals surface area (Å²) >= 11 is 0. The second-order valence-electron chi connectivity index (χ2n) is 7.24. The normalized spacial score (nSPS) is 23.9. The lowest BCUT2D eigenvalue weighted by Crippen LogP contribution is -2.41. The van der Waals surface area contributed by atoms with Gasteiger partial charge in [0.25, 0.3) is 5.91 Å². The molecule has 1 aromatic rings. The Morgan fingerprint density at radius 3 is 2.75 bits per heavy atom. The Morgan fingerprint density at radius 2 is 2.04 bits per heavy atom. The zero-order valence-corrected chi connectivity index (χ0v) is 14.2. The largest absolute Gasteiger partial charge is 0.501 e. The van der Waals surface area contributed by atoms with Crippen LogP contribution < -0.4 is 5.32 Å². The van der Waals surface area contributed by atoms with Crippen LogP contribution in [0, 0.1) is 5.92 Å². The molecule has 128 valence electrons. The van der Waals surface area contributed by atoms with Crippen LogP contribution in [0.2, 0.25) is 0 Å². The van der Waals surface area contributed by atoms with E-state index in [9.17, 15) is 4.79 Å². The maximum atomic E-state index is 12.4. The third-order valence-corrected chi connectivity index (χ3v) is 5.68. The molecule has 1 atom stereocenters. The quantitative estimate of drug-likeness (QED) is 0.924. The fraction of sp³-hybridized carbons (Fsp3) is 0.550. The molecule has 0 bridgehead atoms. The van der Waals surface area contributed by atoms with Crippen LogP contribution in [0.1, 0.15) is 40.7 Å². The number of ether oxygens (including phenoxy) is 1. The van der Waals surface area contributed by atoms with Gasteiger partial charge in [-0.15, -0.1) is 0 Å². The van der Waals surface area contributed by atoms with Crippen LogP contribution in [0.5, 0.6) is 0 Å². The Labute approximate surface area is 143 Å². The summed E-state index contributed by atoms with van der Waals surface area (Å²) in [5, 5.41) is 3.03. The van der Waals surface area contributed by atoms with Gasteiger partial charge >= 0.3 is 0 Å². The van der Waals surface area contributed by atoms with Crippen LogP contribution >= 0.6 is 0 Å². The van der Waals surface area contributed by atoms with E-state index in [2.05, 4.69) is 22.3 Å². The molecule has 1 unspecified atom stereocenters. The molecule has 3 aliphatic rings. The molecular weight excluding hydrogens is 300 g/mol. The zero-order chi connectivity index (χ0) is 16.4. The van der Waals surface area contributed by atoms with E-state index in [4.69, 9.17) is 4.74 Å². The maximum Gasteiger partial charge on any atom is 0.251 e. The smallest absolute Gasteiger partial charge is 0.251 e. The summed E-state index contributed by atoms with van der Waals surface area (Å²) < 4.78 is 5.19. The van der Waals surface area contributed by atoms with E-state index in [0.29, 0.717) is 19.1 Å². The first-order chi connectivity index (χ1) is 11.8. The minimum atomic E-state index is 0.0261. The standard InChI is InChI=1S/C20H26N2O2/c23-20(21-13-15-8-11-24-14-15)18-5-4-16-6-9-22(19-2-1-3-19)10-7-17(16)12-18/h4-5,8,11-12,15,19H,1-3,6-7,9-10,13-14H2,(H,21,23). The van der Waals surface area contributed by atoms with Crippen molar-refractivity contribution in [3.8, 4) is 0 Å². The lowest BCUT2D eigenvalue weighted by Gasteiger charge is -2.36. The maximum absolute atomic E-state index is 12.4. The molecule has 1 aromatic carbocycles. The Balaban J connectivity index is 1.38.